The van der Waals surface area contributed by atoms with E-state index in [1.165, 1.54) is 13.8 Å². The Labute approximate surface area is 163 Å². The zero-order valence-corrected chi connectivity index (χ0v) is 17.2. The fraction of sp³-hybridized carbons (Fsp3) is 0.571. The van der Waals surface area contributed by atoms with Crippen molar-refractivity contribution in [2.24, 2.45) is 0 Å². The van der Waals surface area contributed by atoms with E-state index in [1.807, 2.05) is 0 Å². The number of carboxylic acid groups (broad SMARTS) is 2. The summed E-state index contributed by atoms with van der Waals surface area (Å²) in [6.07, 6.45) is -0.333. The van der Waals surface area contributed by atoms with E-state index in [4.69, 9.17) is 10.2 Å². The van der Waals surface area contributed by atoms with Gasteiger partial charge in [-0.25, -0.2) is 0 Å². The first kappa shape index (κ1) is 37.8. The molecule has 0 heterocycles. The van der Waals surface area contributed by atoms with Gasteiger partial charge in [-0.15, -0.1) is 0 Å². The molecule has 0 aromatic carbocycles. The maximum absolute atomic E-state index is 9.49. The van der Waals surface area contributed by atoms with Gasteiger partial charge in [0, 0.05) is 55.6 Å². The topological polar surface area (TPSA) is 121 Å². The summed E-state index contributed by atoms with van der Waals surface area (Å²) in [7, 11) is 0. The Balaban J connectivity index is -0.0000000383. The summed E-state index contributed by atoms with van der Waals surface area (Å²) in [5.41, 5.74) is 0.130. The molecule has 2 N–H and O–H groups in total. The van der Waals surface area contributed by atoms with Crippen LogP contribution in [0, 0.1) is 0 Å². The van der Waals surface area contributed by atoms with Crippen LogP contribution in [-0.2, 0) is 53.0 Å². The van der Waals surface area contributed by atoms with Crippen molar-refractivity contribution < 1.29 is 73.5 Å². The molecular weight excluding hydrogens is 360 g/mol. The summed E-state index contributed by atoms with van der Waals surface area (Å²) in [5, 5.41) is 35.1. The van der Waals surface area contributed by atoms with E-state index in [0.717, 1.165) is 0 Å². The van der Waals surface area contributed by atoms with Crippen LogP contribution in [0.3, 0.4) is 0 Å². The molecule has 0 unspecified atom stereocenters. The van der Waals surface area contributed by atoms with Gasteiger partial charge in [-0.05, 0) is 52.7 Å². The van der Waals surface area contributed by atoms with E-state index < -0.39 is 11.9 Å². The molecule has 0 rings (SSSR count). The minimum absolute atomic E-state index is 0. The van der Waals surface area contributed by atoms with Gasteiger partial charge in [0.2, 0.25) is 0 Å². The van der Waals surface area contributed by atoms with Crippen LogP contribution < -0.4 is 10.2 Å². The molecule has 0 saturated heterocycles. The van der Waals surface area contributed by atoms with Crippen LogP contribution in [0.2, 0.25) is 0 Å². The fourth-order valence-corrected chi connectivity index (χ4v) is 0. The number of aliphatic hydroxyl groups excluding tert-OH is 2. The Morgan fingerprint density at radius 1 is 0.773 bits per heavy atom. The van der Waals surface area contributed by atoms with E-state index in [-0.39, 0.29) is 66.8 Å². The van der Waals surface area contributed by atoms with Crippen LogP contribution in [0.25, 0.3) is 0 Å². The average molecular weight is 386 g/mol. The maximum Gasteiger partial charge on any atom is 0.0666 e. The molecular formula is C14H26O6Ti2-2. The number of rotatable bonds is 2. The first-order valence-corrected chi connectivity index (χ1v) is 5.85. The van der Waals surface area contributed by atoms with Gasteiger partial charge in [-0.3, -0.25) is 0 Å². The molecule has 0 amide bonds. The summed E-state index contributed by atoms with van der Waals surface area (Å²) in [6, 6.07) is 0. The number of carboxylic acids is 2. The molecule has 0 bridgehead atoms. The van der Waals surface area contributed by atoms with Gasteiger partial charge in [-0.2, -0.15) is 0 Å². The normalized spacial score (nSPS) is 7.36. The Hall–Kier alpha value is -0.231. The molecule has 22 heavy (non-hydrogen) atoms. The van der Waals surface area contributed by atoms with Gasteiger partial charge in [-0.1, -0.05) is 13.2 Å². The molecule has 0 aromatic heterocycles. The fourth-order valence-electron chi connectivity index (χ4n) is 0. The summed E-state index contributed by atoms with van der Waals surface area (Å²) >= 11 is 0. The van der Waals surface area contributed by atoms with Crippen molar-refractivity contribution in [2.75, 3.05) is 0 Å². The molecule has 6 nitrogen and oxygen atoms in total. The van der Waals surface area contributed by atoms with Gasteiger partial charge in [0.05, 0.1) is 11.9 Å². The monoisotopic (exact) mass is 386 g/mol. The predicted molar refractivity (Wildman–Crippen MR) is 74.4 cm³/mol. The van der Waals surface area contributed by atoms with Gasteiger partial charge >= 0.3 is 0 Å². The first-order chi connectivity index (χ1) is 8.75. The number of aliphatic hydroxyl groups is 2. The third-order valence-corrected chi connectivity index (χ3v) is 0.697. The van der Waals surface area contributed by atoms with Crippen LogP contribution >= 0.6 is 0 Å². The average Bonchev–Trinajstić information content (AvgIpc) is 2.15. The van der Waals surface area contributed by atoms with Gasteiger partial charge in [0.15, 0.2) is 0 Å². The first-order valence-electron chi connectivity index (χ1n) is 5.85. The Morgan fingerprint density at radius 3 is 0.818 bits per heavy atom. The summed E-state index contributed by atoms with van der Waals surface area (Å²) in [5.74, 6) is -2.37. The molecule has 0 aliphatic rings. The van der Waals surface area contributed by atoms with Crippen molar-refractivity contribution in [3.8, 4) is 0 Å². The zero-order valence-electron chi connectivity index (χ0n) is 14.1. The maximum atomic E-state index is 9.49. The van der Waals surface area contributed by atoms with Gasteiger partial charge in [0.1, 0.15) is 0 Å². The second-order valence-electron chi connectivity index (χ2n) is 4.32. The molecule has 0 aromatic rings. The molecule has 0 saturated carbocycles. The van der Waals surface area contributed by atoms with Crippen molar-refractivity contribution in [3.63, 3.8) is 0 Å². The van der Waals surface area contributed by atoms with E-state index in [2.05, 4.69) is 13.2 Å². The molecule has 8 heteroatoms. The van der Waals surface area contributed by atoms with Crippen LogP contribution in [0.4, 0.5) is 0 Å². The SMILES string of the molecule is C=C(C)C(=O)[O-].C=C(C)C(=O)[O-].CC(C)O.CC(C)O.[Ti].[Ti]. The van der Waals surface area contributed by atoms with Crippen molar-refractivity contribution in [2.45, 2.75) is 53.8 Å². The summed E-state index contributed by atoms with van der Waals surface area (Å²) < 4.78 is 0. The molecule has 0 aliphatic heterocycles. The number of hydrogen-bond donors (Lipinski definition) is 2. The van der Waals surface area contributed by atoms with E-state index in [1.54, 1.807) is 27.7 Å². The third kappa shape index (κ3) is 115. The second kappa shape index (κ2) is 25.7. The molecule has 128 valence electrons. The number of aliphatic carboxylic acids is 2. The Kier molecular flexibility index (Phi) is 44.1. The second-order valence-corrected chi connectivity index (χ2v) is 4.32. The summed E-state index contributed by atoms with van der Waals surface area (Å²) in [6.45, 7) is 15.8. The van der Waals surface area contributed by atoms with Crippen LogP contribution in [0.5, 0.6) is 0 Å². The van der Waals surface area contributed by atoms with Crippen LogP contribution in [-0.4, -0.2) is 34.4 Å². The number of carbonyl (C=O) groups excluding carboxylic acids is 2. The minimum atomic E-state index is -1.19. The van der Waals surface area contributed by atoms with Crippen molar-refractivity contribution in [1.82, 2.24) is 0 Å². The standard InChI is InChI=1S/2C4H6O2.2C3H8O.2Ti/c2*1-3(2)4(5)6;2*1-3(2)4;;/h2*1H2,2H3,(H,5,6);2*3-4H,1-2H3;;/p-2. The molecule has 0 aliphatic carbocycles. The number of carbonyl (C=O) groups is 2. The smallest absolute Gasteiger partial charge is 0.0666 e. The van der Waals surface area contributed by atoms with Crippen molar-refractivity contribution >= 4 is 11.9 Å². The molecule has 0 radical (unpaired) electrons. The van der Waals surface area contributed by atoms with Crippen LogP contribution in [0.1, 0.15) is 41.5 Å². The molecule has 0 fully saturated rings. The van der Waals surface area contributed by atoms with Crippen molar-refractivity contribution in [3.05, 3.63) is 24.3 Å². The largest absolute Gasteiger partial charge is 0.545 e. The van der Waals surface area contributed by atoms with Crippen molar-refractivity contribution in [1.29, 1.82) is 0 Å². The van der Waals surface area contributed by atoms with E-state index in [9.17, 15) is 19.8 Å². The quantitative estimate of drug-likeness (QED) is 0.483. The zero-order chi connectivity index (χ0) is 17.5. The van der Waals surface area contributed by atoms with Crippen LogP contribution in [0.15, 0.2) is 24.3 Å². The summed E-state index contributed by atoms with van der Waals surface area (Å²) in [4.78, 5) is 19.0. The molecule has 0 atom stereocenters. The third-order valence-electron chi connectivity index (χ3n) is 0.697. The Morgan fingerprint density at radius 2 is 0.818 bits per heavy atom. The van der Waals surface area contributed by atoms with E-state index in [0.29, 0.717) is 0 Å². The van der Waals surface area contributed by atoms with Gasteiger partial charge in [0.25, 0.3) is 0 Å². The van der Waals surface area contributed by atoms with Gasteiger partial charge < -0.3 is 30.0 Å². The predicted octanol–water partition coefficient (Wildman–Crippen LogP) is -0.606. The molecule has 0 spiro atoms. The minimum Gasteiger partial charge on any atom is -0.545 e. The van der Waals surface area contributed by atoms with E-state index >= 15 is 0 Å². The Bertz CT molecular complexity index is 242. The number of hydrogen-bond acceptors (Lipinski definition) is 6.